The molecule has 0 fully saturated rings. The predicted octanol–water partition coefficient (Wildman–Crippen LogP) is 5.41. The highest BCUT2D eigenvalue weighted by molar-refractivity contribution is 7.80. The van der Waals surface area contributed by atoms with Gasteiger partial charge >= 0.3 is 0 Å². The van der Waals surface area contributed by atoms with Gasteiger partial charge in [-0.15, -0.1) is 0 Å². The maximum absolute atomic E-state index is 5.71. The molecule has 176 valence electrons. The van der Waals surface area contributed by atoms with Gasteiger partial charge in [0.2, 0.25) is 0 Å². The van der Waals surface area contributed by atoms with E-state index < -0.39 is 0 Å². The molecule has 4 rings (SSSR count). The van der Waals surface area contributed by atoms with Gasteiger partial charge in [-0.1, -0.05) is 48.5 Å². The fraction of sp³-hybridized carbons (Fsp3) is 0.259. The van der Waals surface area contributed by atoms with E-state index >= 15 is 0 Å². The molecule has 0 saturated carbocycles. The number of nitrogens with one attached hydrogen (secondary N) is 2. The first kappa shape index (κ1) is 23.6. The molecule has 2 N–H and O–H groups in total. The van der Waals surface area contributed by atoms with Crippen LogP contribution in [0.5, 0.6) is 11.5 Å². The lowest BCUT2D eigenvalue weighted by molar-refractivity contribution is 0.287. The molecule has 0 aliphatic heterocycles. The van der Waals surface area contributed by atoms with Crippen molar-refractivity contribution in [2.75, 3.05) is 25.1 Å². The lowest BCUT2D eigenvalue weighted by Gasteiger charge is -2.13. The van der Waals surface area contributed by atoms with Crippen LogP contribution in [0.25, 0.3) is 10.8 Å². The Morgan fingerprint density at radius 1 is 0.971 bits per heavy atom. The van der Waals surface area contributed by atoms with Crippen molar-refractivity contribution in [2.45, 2.75) is 26.8 Å². The topological polar surface area (TPSA) is 60.3 Å². The van der Waals surface area contributed by atoms with E-state index in [4.69, 9.17) is 21.7 Å². The number of aromatic nitrogens is 2. The Labute approximate surface area is 205 Å². The fourth-order valence-corrected chi connectivity index (χ4v) is 4.09. The quantitative estimate of drug-likeness (QED) is 0.300. The Hall–Kier alpha value is -3.58. The number of thiocarbonyl (C=S) groups is 1. The van der Waals surface area contributed by atoms with Gasteiger partial charge in [0.1, 0.15) is 0 Å². The Balaban J connectivity index is 1.29. The first-order valence-corrected chi connectivity index (χ1v) is 12.0. The molecule has 0 unspecified atom stereocenters. The summed E-state index contributed by atoms with van der Waals surface area (Å²) in [6.07, 6.45) is 4.57. The van der Waals surface area contributed by atoms with Gasteiger partial charge < -0.3 is 20.1 Å². The molecule has 0 atom stereocenters. The molecule has 0 amide bonds. The van der Waals surface area contributed by atoms with Crippen LogP contribution in [-0.4, -0.2) is 34.7 Å². The number of ether oxygens (including phenoxy) is 2. The van der Waals surface area contributed by atoms with E-state index in [-0.39, 0.29) is 0 Å². The average Bonchev–Trinajstić information content (AvgIpc) is 3.28. The van der Waals surface area contributed by atoms with Crippen LogP contribution in [0.2, 0.25) is 0 Å². The summed E-state index contributed by atoms with van der Waals surface area (Å²) in [7, 11) is 0. The van der Waals surface area contributed by atoms with Crippen molar-refractivity contribution in [1.29, 1.82) is 0 Å². The summed E-state index contributed by atoms with van der Waals surface area (Å²) in [6.45, 7) is 6.55. The molecule has 0 aliphatic rings. The lowest BCUT2D eigenvalue weighted by atomic mass is 10.0. The Kier molecular flexibility index (Phi) is 7.99. The van der Waals surface area contributed by atoms with E-state index in [2.05, 4.69) is 64.3 Å². The summed E-state index contributed by atoms with van der Waals surface area (Å²) in [5.74, 6) is 1.56. The van der Waals surface area contributed by atoms with E-state index in [9.17, 15) is 0 Å². The normalized spacial score (nSPS) is 10.8. The third-order valence-corrected chi connectivity index (χ3v) is 5.66. The number of benzene rings is 3. The second-order valence-electron chi connectivity index (χ2n) is 7.84. The van der Waals surface area contributed by atoms with Gasteiger partial charge in [-0.25, -0.2) is 0 Å². The standard InChI is InChI=1S/C27H30N4O2S/c1-3-32-25-13-12-20(16-26(25)33-4-2)14-15-28-27(34)30-23-17-29-31(19-23)18-22-10-7-9-21-8-5-6-11-24(21)22/h5-13,16-17,19H,3-4,14-15,18H2,1-2H3,(H2,28,30,34). The highest BCUT2D eigenvalue weighted by Gasteiger charge is 2.07. The summed E-state index contributed by atoms with van der Waals surface area (Å²) in [6, 6.07) is 20.8. The minimum atomic E-state index is 0.570. The highest BCUT2D eigenvalue weighted by Crippen LogP contribution is 2.28. The lowest BCUT2D eigenvalue weighted by Crippen LogP contribution is -2.30. The predicted molar refractivity (Wildman–Crippen MR) is 142 cm³/mol. The molecule has 0 spiro atoms. The molecule has 7 heteroatoms. The summed E-state index contributed by atoms with van der Waals surface area (Å²) in [5, 5.41) is 14.0. The number of rotatable bonds is 10. The fourth-order valence-electron chi connectivity index (χ4n) is 3.87. The van der Waals surface area contributed by atoms with Crippen LogP contribution in [0, 0.1) is 0 Å². The van der Waals surface area contributed by atoms with Crippen molar-refractivity contribution in [3.05, 3.63) is 84.2 Å². The molecule has 4 aromatic rings. The van der Waals surface area contributed by atoms with Gasteiger partial charge in [0, 0.05) is 12.7 Å². The molecule has 3 aromatic carbocycles. The van der Waals surface area contributed by atoms with Crippen LogP contribution in [0.15, 0.2) is 73.1 Å². The maximum atomic E-state index is 5.71. The average molecular weight is 475 g/mol. The van der Waals surface area contributed by atoms with Gasteiger partial charge in [-0.05, 0) is 66.5 Å². The number of hydrogen-bond donors (Lipinski definition) is 2. The summed E-state index contributed by atoms with van der Waals surface area (Å²) in [4.78, 5) is 0. The van der Waals surface area contributed by atoms with Crippen molar-refractivity contribution in [3.63, 3.8) is 0 Å². The van der Waals surface area contributed by atoms with Gasteiger partial charge in [-0.2, -0.15) is 5.10 Å². The van der Waals surface area contributed by atoms with Crippen molar-refractivity contribution in [3.8, 4) is 11.5 Å². The van der Waals surface area contributed by atoms with Crippen molar-refractivity contribution in [1.82, 2.24) is 15.1 Å². The molecule has 1 heterocycles. The largest absolute Gasteiger partial charge is 0.490 e. The molecule has 0 radical (unpaired) electrons. The zero-order valence-electron chi connectivity index (χ0n) is 19.6. The Morgan fingerprint density at radius 3 is 2.62 bits per heavy atom. The SMILES string of the molecule is CCOc1ccc(CCNC(=S)Nc2cnn(Cc3cccc4ccccc34)c2)cc1OCC. The minimum Gasteiger partial charge on any atom is -0.490 e. The summed E-state index contributed by atoms with van der Waals surface area (Å²) >= 11 is 5.47. The highest BCUT2D eigenvalue weighted by atomic mass is 32.1. The molecule has 0 saturated heterocycles. The van der Waals surface area contributed by atoms with Crippen LogP contribution in [0.3, 0.4) is 0 Å². The summed E-state index contributed by atoms with van der Waals surface area (Å²) < 4.78 is 13.3. The summed E-state index contributed by atoms with van der Waals surface area (Å²) in [5.41, 5.74) is 3.25. The first-order chi connectivity index (χ1) is 16.7. The van der Waals surface area contributed by atoms with Crippen LogP contribution >= 0.6 is 12.2 Å². The molecule has 0 aliphatic carbocycles. The van der Waals surface area contributed by atoms with Crippen molar-refractivity contribution >= 4 is 33.8 Å². The van der Waals surface area contributed by atoms with E-state index in [1.807, 2.05) is 36.9 Å². The molecule has 34 heavy (non-hydrogen) atoms. The van der Waals surface area contributed by atoms with E-state index in [1.165, 1.54) is 16.3 Å². The van der Waals surface area contributed by atoms with E-state index in [1.54, 1.807) is 6.20 Å². The number of nitrogens with zero attached hydrogens (tertiary/aromatic N) is 2. The number of hydrogen-bond acceptors (Lipinski definition) is 4. The van der Waals surface area contributed by atoms with Crippen LogP contribution < -0.4 is 20.1 Å². The zero-order chi connectivity index (χ0) is 23.8. The molecule has 1 aromatic heterocycles. The zero-order valence-corrected chi connectivity index (χ0v) is 20.4. The third-order valence-electron chi connectivity index (χ3n) is 5.41. The van der Waals surface area contributed by atoms with Crippen LogP contribution in [0.1, 0.15) is 25.0 Å². The second kappa shape index (κ2) is 11.5. The first-order valence-electron chi connectivity index (χ1n) is 11.6. The van der Waals surface area contributed by atoms with Gasteiger partial charge in [0.05, 0.1) is 31.6 Å². The van der Waals surface area contributed by atoms with E-state index in [0.717, 1.165) is 29.2 Å². The molecular weight excluding hydrogens is 444 g/mol. The van der Waals surface area contributed by atoms with Crippen LogP contribution in [-0.2, 0) is 13.0 Å². The molecular formula is C27H30N4O2S. The number of fused-ring (bicyclic) bond motifs is 1. The monoisotopic (exact) mass is 474 g/mol. The molecule has 0 bridgehead atoms. The second-order valence-corrected chi connectivity index (χ2v) is 8.25. The minimum absolute atomic E-state index is 0.570. The van der Waals surface area contributed by atoms with Crippen molar-refractivity contribution in [2.24, 2.45) is 0 Å². The van der Waals surface area contributed by atoms with Gasteiger partial charge in [0.25, 0.3) is 0 Å². The van der Waals surface area contributed by atoms with Gasteiger partial charge in [0.15, 0.2) is 16.6 Å². The number of anilines is 1. The Bertz CT molecular complexity index is 1250. The Morgan fingerprint density at radius 2 is 1.76 bits per heavy atom. The van der Waals surface area contributed by atoms with E-state index in [0.29, 0.717) is 31.4 Å². The van der Waals surface area contributed by atoms with Gasteiger partial charge in [-0.3, -0.25) is 4.68 Å². The van der Waals surface area contributed by atoms with Crippen molar-refractivity contribution < 1.29 is 9.47 Å². The molecule has 6 nitrogen and oxygen atoms in total. The van der Waals surface area contributed by atoms with Crippen LogP contribution in [0.4, 0.5) is 5.69 Å². The maximum Gasteiger partial charge on any atom is 0.170 e. The third kappa shape index (κ3) is 6.05. The smallest absolute Gasteiger partial charge is 0.170 e.